The fourth-order valence-corrected chi connectivity index (χ4v) is 5.45. The van der Waals surface area contributed by atoms with Crippen LogP contribution in [0.3, 0.4) is 0 Å². The van der Waals surface area contributed by atoms with Crippen LogP contribution in [0.2, 0.25) is 0 Å². The van der Waals surface area contributed by atoms with Gasteiger partial charge in [-0.25, -0.2) is 9.37 Å². The Labute approximate surface area is 277 Å². The van der Waals surface area contributed by atoms with Crippen molar-refractivity contribution >= 4 is 27.5 Å². The van der Waals surface area contributed by atoms with Gasteiger partial charge in [-0.15, -0.1) is 34.9 Å². The molecular formula is C38H48FIrN2O2-. The molecule has 0 saturated heterocycles. The third-order valence-electron chi connectivity index (χ3n) is 9.44. The van der Waals surface area contributed by atoms with E-state index in [0.717, 1.165) is 64.2 Å². The van der Waals surface area contributed by atoms with Crippen LogP contribution in [0.1, 0.15) is 95.3 Å². The van der Waals surface area contributed by atoms with Crippen LogP contribution in [0.25, 0.3) is 32.9 Å². The average molecular weight is 776 g/mol. The summed E-state index contributed by atoms with van der Waals surface area (Å²) >= 11 is 0. The van der Waals surface area contributed by atoms with Gasteiger partial charge in [0.15, 0.2) is 5.78 Å². The SMILES string of the molecule is CCC(C)(CC)C(=O)/C=C(\O)C(C)(CC)CC.Cc1[c-]c(-c2nc(C)nc3c2ccc2cc(C)c(F)c(C)c23)cc(C)c1.[Ir]. The molecule has 0 aliphatic rings. The molecule has 1 radical (unpaired) electrons. The predicted molar refractivity (Wildman–Crippen MR) is 178 cm³/mol. The summed E-state index contributed by atoms with van der Waals surface area (Å²) in [5.74, 6) is 0.794. The van der Waals surface area contributed by atoms with Crippen LogP contribution in [-0.2, 0) is 24.9 Å². The number of aliphatic hydroxyl groups excluding tert-OH is 1. The molecule has 4 aromatic rings. The van der Waals surface area contributed by atoms with Crippen molar-refractivity contribution in [2.24, 2.45) is 10.8 Å². The molecule has 1 N–H and O–H groups in total. The quantitative estimate of drug-likeness (QED) is 0.0838. The number of nitrogens with zero attached hydrogens (tertiary/aromatic N) is 2. The molecule has 0 fully saturated rings. The van der Waals surface area contributed by atoms with Crippen LogP contribution in [0.15, 0.2) is 42.2 Å². The zero-order valence-corrected chi connectivity index (χ0v) is 30.6. The van der Waals surface area contributed by atoms with Crippen molar-refractivity contribution in [1.29, 1.82) is 0 Å². The summed E-state index contributed by atoms with van der Waals surface area (Å²) in [6.45, 7) is 21.7. The molecule has 6 heteroatoms. The molecule has 0 aliphatic carbocycles. The molecule has 44 heavy (non-hydrogen) atoms. The summed E-state index contributed by atoms with van der Waals surface area (Å²) in [6.07, 6.45) is 4.75. The molecule has 3 aromatic carbocycles. The maximum absolute atomic E-state index is 14.6. The topological polar surface area (TPSA) is 63.1 Å². The smallest absolute Gasteiger partial charge is 0.164 e. The summed E-state index contributed by atoms with van der Waals surface area (Å²) in [7, 11) is 0. The van der Waals surface area contributed by atoms with Crippen molar-refractivity contribution < 1.29 is 34.4 Å². The van der Waals surface area contributed by atoms with E-state index >= 15 is 0 Å². The minimum atomic E-state index is -0.337. The number of aliphatic hydroxyl groups is 1. The number of ketones is 1. The van der Waals surface area contributed by atoms with Crippen LogP contribution in [0, 0.1) is 57.3 Å². The van der Waals surface area contributed by atoms with Gasteiger partial charge >= 0.3 is 0 Å². The van der Waals surface area contributed by atoms with Crippen molar-refractivity contribution in [2.75, 3.05) is 0 Å². The molecular weight excluding hydrogens is 728 g/mol. The van der Waals surface area contributed by atoms with E-state index in [0.29, 0.717) is 17.0 Å². The van der Waals surface area contributed by atoms with Gasteiger partial charge in [0.1, 0.15) is 17.4 Å². The first kappa shape index (κ1) is 37.2. The van der Waals surface area contributed by atoms with Crippen molar-refractivity contribution in [3.63, 3.8) is 0 Å². The van der Waals surface area contributed by atoms with Crippen molar-refractivity contribution in [3.8, 4) is 11.3 Å². The standard InChI is InChI=1S/C23H20FN2.C15H28O2.Ir/c1-12-8-13(2)10-18(9-12)22-19-7-6-17-11-14(3)21(24)15(4)20(17)23(19)26-16(5)25-22;1-7-14(5,8-2)12(16)11-13(17)15(6,9-3)10-4;/h6-9,11H,1-5H3;11,16H,7-10H2,1-6H3;/q-1;;/b;12-11-;. The third-order valence-corrected chi connectivity index (χ3v) is 9.44. The van der Waals surface area contributed by atoms with E-state index < -0.39 is 0 Å². The van der Waals surface area contributed by atoms with Crippen LogP contribution < -0.4 is 0 Å². The zero-order valence-electron chi connectivity index (χ0n) is 28.3. The van der Waals surface area contributed by atoms with E-state index in [9.17, 15) is 14.3 Å². The van der Waals surface area contributed by atoms with Crippen LogP contribution in [0.5, 0.6) is 0 Å². The Balaban J connectivity index is 0.000000331. The predicted octanol–water partition coefficient (Wildman–Crippen LogP) is 10.6. The van der Waals surface area contributed by atoms with Crippen LogP contribution in [-0.4, -0.2) is 20.9 Å². The number of carbonyl (C=O) groups is 1. The summed E-state index contributed by atoms with van der Waals surface area (Å²) in [5, 5.41) is 12.9. The third kappa shape index (κ3) is 7.64. The van der Waals surface area contributed by atoms with E-state index in [1.54, 1.807) is 6.92 Å². The monoisotopic (exact) mass is 776 g/mol. The number of fused-ring (bicyclic) bond motifs is 3. The molecule has 0 aliphatic heterocycles. The number of hydrogen-bond donors (Lipinski definition) is 1. The van der Waals surface area contributed by atoms with Gasteiger partial charge < -0.3 is 5.11 Å². The molecule has 239 valence electrons. The summed E-state index contributed by atoms with van der Waals surface area (Å²) in [4.78, 5) is 21.5. The van der Waals surface area contributed by atoms with Crippen LogP contribution >= 0.6 is 0 Å². The number of benzene rings is 3. The molecule has 0 saturated carbocycles. The first-order chi connectivity index (χ1) is 20.1. The second kappa shape index (κ2) is 14.9. The normalized spacial score (nSPS) is 12.1. The second-order valence-electron chi connectivity index (χ2n) is 12.5. The van der Waals surface area contributed by atoms with Crippen LogP contribution in [0.4, 0.5) is 4.39 Å². The molecule has 0 unspecified atom stereocenters. The van der Waals surface area contributed by atoms with Gasteiger partial charge in [0.2, 0.25) is 0 Å². The van der Waals surface area contributed by atoms with Gasteiger partial charge in [0, 0.05) is 42.4 Å². The van der Waals surface area contributed by atoms with E-state index in [1.807, 2.05) is 80.5 Å². The fourth-order valence-electron chi connectivity index (χ4n) is 5.45. The molecule has 0 amide bonds. The molecule has 0 bridgehead atoms. The Hall–Kier alpha value is -2.95. The van der Waals surface area contributed by atoms with Crippen molar-refractivity contribution in [2.45, 2.75) is 102 Å². The molecule has 0 atom stereocenters. The molecule has 4 nitrogen and oxygen atoms in total. The number of halogens is 1. The van der Waals surface area contributed by atoms with E-state index in [-0.39, 0.29) is 48.3 Å². The Morgan fingerprint density at radius 1 is 0.909 bits per heavy atom. The maximum Gasteiger partial charge on any atom is 0.164 e. The number of aromatic nitrogens is 2. The fraction of sp³-hybridized carbons (Fsp3) is 0.447. The average Bonchev–Trinajstić information content (AvgIpc) is 2.97. The van der Waals surface area contributed by atoms with E-state index in [4.69, 9.17) is 4.98 Å². The Morgan fingerprint density at radius 2 is 1.50 bits per heavy atom. The number of allylic oxidation sites excluding steroid dienone is 2. The minimum absolute atomic E-state index is 0. The van der Waals surface area contributed by atoms with Gasteiger partial charge in [-0.3, -0.25) is 9.78 Å². The van der Waals surface area contributed by atoms with Gasteiger partial charge in [-0.05, 0) is 80.1 Å². The van der Waals surface area contributed by atoms with Gasteiger partial charge in [0.25, 0.3) is 0 Å². The number of rotatable bonds is 8. The Kier molecular flexibility index (Phi) is 12.6. The first-order valence-electron chi connectivity index (χ1n) is 15.5. The van der Waals surface area contributed by atoms with Crippen molar-refractivity contribution in [3.05, 3.63) is 82.1 Å². The minimum Gasteiger partial charge on any atom is -0.512 e. The van der Waals surface area contributed by atoms with Crippen molar-refractivity contribution in [1.82, 2.24) is 9.97 Å². The van der Waals surface area contributed by atoms with Gasteiger partial charge in [-0.1, -0.05) is 67.5 Å². The molecule has 1 heterocycles. The first-order valence-corrected chi connectivity index (χ1v) is 15.5. The van der Waals surface area contributed by atoms with Gasteiger partial charge in [-0.2, -0.15) is 0 Å². The van der Waals surface area contributed by atoms with E-state index in [1.165, 1.54) is 11.6 Å². The zero-order chi connectivity index (χ0) is 32.3. The summed E-state index contributed by atoms with van der Waals surface area (Å²) in [6, 6.07) is 13.5. The summed E-state index contributed by atoms with van der Waals surface area (Å²) < 4.78 is 14.6. The molecule has 1 aromatic heterocycles. The number of aryl methyl sites for hydroxylation is 5. The van der Waals surface area contributed by atoms with E-state index in [2.05, 4.69) is 30.1 Å². The maximum atomic E-state index is 14.6. The summed E-state index contributed by atoms with van der Waals surface area (Å²) in [5.41, 5.74) is 5.52. The molecule has 0 spiro atoms. The second-order valence-corrected chi connectivity index (χ2v) is 12.5. The molecule has 4 rings (SSSR count). The van der Waals surface area contributed by atoms with Gasteiger partial charge in [0.05, 0.1) is 5.52 Å². The number of hydrogen-bond acceptors (Lipinski definition) is 4. The largest absolute Gasteiger partial charge is 0.512 e. The Bertz CT molecular complexity index is 1660. The Morgan fingerprint density at radius 3 is 2.05 bits per heavy atom. The number of carbonyl (C=O) groups excluding carboxylic acids is 1.